The second-order valence-corrected chi connectivity index (χ2v) is 6.53. The molecule has 3 aromatic rings. The Morgan fingerprint density at radius 1 is 1.14 bits per heavy atom. The molecule has 11 heteroatoms. The van der Waals surface area contributed by atoms with Crippen LogP contribution in [-0.2, 0) is 13.0 Å². The van der Waals surface area contributed by atoms with E-state index in [0.717, 1.165) is 4.57 Å². The Morgan fingerprint density at radius 3 is 2.43 bits per heavy atom. The van der Waals surface area contributed by atoms with Crippen LogP contribution in [0.15, 0.2) is 29.1 Å². The summed E-state index contributed by atoms with van der Waals surface area (Å²) < 4.78 is 64.3. The Bertz CT molecular complexity index is 1030. The molecule has 2 aromatic heterocycles. The number of hydrogen-bond acceptors (Lipinski definition) is 3. The summed E-state index contributed by atoms with van der Waals surface area (Å²) in [6.45, 7) is -0.771. The largest absolute Gasteiger partial charge is 0.389 e. The van der Waals surface area contributed by atoms with Gasteiger partial charge in [-0.2, -0.15) is 13.2 Å². The Labute approximate surface area is 160 Å². The van der Waals surface area contributed by atoms with E-state index in [-0.39, 0.29) is 35.7 Å². The van der Waals surface area contributed by atoms with Gasteiger partial charge in [0.1, 0.15) is 11.6 Å². The highest BCUT2D eigenvalue weighted by Crippen LogP contribution is 2.25. The molecule has 2 heterocycles. The number of aryl methyl sites for hydroxylation is 1. The van der Waals surface area contributed by atoms with E-state index in [0.29, 0.717) is 10.6 Å². The minimum atomic E-state index is -4.33. The fourth-order valence-corrected chi connectivity index (χ4v) is 2.89. The van der Waals surface area contributed by atoms with E-state index in [1.165, 1.54) is 0 Å². The molecule has 1 aromatic carbocycles. The molecule has 0 bridgehead atoms. The Hall–Kier alpha value is -2.49. The smallest absolute Gasteiger partial charge is 0.309 e. The average Bonchev–Trinajstić information content (AvgIpc) is 2.93. The summed E-state index contributed by atoms with van der Waals surface area (Å²) in [6, 6.07) is 6.21. The Morgan fingerprint density at radius 2 is 1.82 bits per heavy atom. The molecule has 0 saturated heterocycles. The molecule has 0 radical (unpaired) electrons. The van der Waals surface area contributed by atoms with Crippen LogP contribution in [0.1, 0.15) is 18.7 Å². The van der Waals surface area contributed by atoms with Gasteiger partial charge in [-0.25, -0.2) is 18.7 Å². The third-order valence-electron chi connectivity index (χ3n) is 3.95. The van der Waals surface area contributed by atoms with E-state index < -0.39 is 31.1 Å². The molecule has 0 aliphatic rings. The number of aromatic nitrogens is 4. The number of H-pyrrole nitrogens is 1. The van der Waals surface area contributed by atoms with Gasteiger partial charge < -0.3 is 9.55 Å². The highest BCUT2D eigenvalue weighted by molar-refractivity contribution is 6.30. The highest BCUT2D eigenvalue weighted by Gasteiger charge is 2.26. The molecule has 5 nitrogen and oxygen atoms in total. The van der Waals surface area contributed by atoms with Gasteiger partial charge in [0.2, 0.25) is 0 Å². The van der Waals surface area contributed by atoms with E-state index >= 15 is 0 Å². The normalized spacial score (nSPS) is 12.2. The third kappa shape index (κ3) is 4.67. The summed E-state index contributed by atoms with van der Waals surface area (Å²) in [5, 5.41) is 0.434. The summed E-state index contributed by atoms with van der Waals surface area (Å²) in [6.07, 6.45) is -8.56. The summed E-state index contributed by atoms with van der Waals surface area (Å²) in [7, 11) is 0. The second-order valence-electron chi connectivity index (χ2n) is 6.10. The summed E-state index contributed by atoms with van der Waals surface area (Å²) >= 11 is 5.83. The van der Waals surface area contributed by atoms with Crippen molar-refractivity contribution in [1.29, 1.82) is 0 Å². The minimum Gasteiger partial charge on any atom is -0.309 e. The van der Waals surface area contributed by atoms with Crippen molar-refractivity contribution < 1.29 is 22.0 Å². The Kier molecular flexibility index (Phi) is 5.69. The zero-order chi connectivity index (χ0) is 20.5. The van der Waals surface area contributed by atoms with Gasteiger partial charge in [-0.05, 0) is 30.7 Å². The van der Waals surface area contributed by atoms with Crippen LogP contribution in [0.25, 0.3) is 22.6 Å². The number of imidazole rings is 1. The van der Waals surface area contributed by atoms with Gasteiger partial charge in [0.15, 0.2) is 11.2 Å². The van der Waals surface area contributed by atoms with Crippen LogP contribution in [0, 0.1) is 0 Å². The average molecular weight is 421 g/mol. The zero-order valence-electron chi connectivity index (χ0n) is 14.2. The molecule has 0 atom stereocenters. The number of benzene rings is 1. The van der Waals surface area contributed by atoms with Crippen LogP contribution in [0.3, 0.4) is 0 Å². The number of aromatic amines is 1. The number of halogens is 6. The number of hydrogen-bond donors (Lipinski definition) is 1. The van der Waals surface area contributed by atoms with Crippen molar-refractivity contribution in [2.75, 3.05) is 0 Å². The lowest BCUT2D eigenvalue weighted by molar-refractivity contribution is -0.135. The molecule has 0 amide bonds. The molecular weight excluding hydrogens is 407 g/mol. The van der Waals surface area contributed by atoms with Gasteiger partial charge in [-0.3, -0.25) is 4.79 Å². The minimum absolute atomic E-state index is 0.0141. The number of fused-ring (bicyclic) bond motifs is 1. The maximum atomic E-state index is 13.1. The van der Waals surface area contributed by atoms with Gasteiger partial charge in [0.25, 0.3) is 12.0 Å². The second kappa shape index (κ2) is 7.86. The van der Waals surface area contributed by atoms with Crippen LogP contribution in [-0.4, -0.2) is 32.1 Å². The Balaban J connectivity index is 2.06. The number of alkyl halides is 5. The van der Waals surface area contributed by atoms with E-state index in [2.05, 4.69) is 15.0 Å². The molecule has 28 heavy (non-hydrogen) atoms. The van der Waals surface area contributed by atoms with Gasteiger partial charge in [-0.15, -0.1) is 0 Å². The molecule has 150 valence electrons. The first-order chi connectivity index (χ1) is 13.1. The predicted molar refractivity (Wildman–Crippen MR) is 93.6 cm³/mol. The van der Waals surface area contributed by atoms with E-state index in [1.807, 2.05) is 0 Å². The van der Waals surface area contributed by atoms with Crippen molar-refractivity contribution in [3.8, 4) is 11.4 Å². The van der Waals surface area contributed by atoms with Gasteiger partial charge >= 0.3 is 6.18 Å². The molecule has 0 fully saturated rings. The van der Waals surface area contributed by atoms with E-state index in [4.69, 9.17) is 11.6 Å². The van der Waals surface area contributed by atoms with Crippen LogP contribution >= 0.6 is 11.6 Å². The van der Waals surface area contributed by atoms with Crippen molar-refractivity contribution >= 4 is 22.8 Å². The van der Waals surface area contributed by atoms with Crippen LogP contribution in [0.2, 0.25) is 5.02 Å². The quantitative estimate of drug-likeness (QED) is 0.593. The van der Waals surface area contributed by atoms with Crippen molar-refractivity contribution in [2.24, 2.45) is 0 Å². The first kappa shape index (κ1) is 20.2. The number of nitrogens with zero attached hydrogens (tertiary/aromatic N) is 3. The molecule has 0 unspecified atom stereocenters. The van der Waals surface area contributed by atoms with Crippen LogP contribution < -0.4 is 5.56 Å². The molecule has 0 spiro atoms. The van der Waals surface area contributed by atoms with Crippen LogP contribution in [0.5, 0.6) is 0 Å². The first-order valence-corrected chi connectivity index (χ1v) is 8.62. The van der Waals surface area contributed by atoms with Crippen molar-refractivity contribution in [1.82, 2.24) is 19.5 Å². The molecule has 1 N–H and O–H groups in total. The lowest BCUT2D eigenvalue weighted by Gasteiger charge is -2.09. The van der Waals surface area contributed by atoms with E-state index in [1.54, 1.807) is 24.3 Å². The van der Waals surface area contributed by atoms with Crippen molar-refractivity contribution in [2.45, 2.75) is 38.4 Å². The fourth-order valence-electron chi connectivity index (χ4n) is 2.76. The molecule has 0 aliphatic carbocycles. The molecule has 0 aliphatic heterocycles. The number of rotatable bonds is 6. The van der Waals surface area contributed by atoms with Gasteiger partial charge in [0.05, 0.1) is 6.54 Å². The summed E-state index contributed by atoms with van der Waals surface area (Å²) in [4.78, 5) is 22.9. The van der Waals surface area contributed by atoms with Gasteiger partial charge in [-0.1, -0.05) is 11.6 Å². The summed E-state index contributed by atoms with van der Waals surface area (Å²) in [5.74, 6) is 0.0808. The first-order valence-electron chi connectivity index (χ1n) is 8.24. The van der Waals surface area contributed by atoms with E-state index in [9.17, 15) is 26.7 Å². The topological polar surface area (TPSA) is 63.6 Å². The lowest BCUT2D eigenvalue weighted by Crippen LogP contribution is -2.15. The third-order valence-corrected chi connectivity index (χ3v) is 4.20. The van der Waals surface area contributed by atoms with Crippen molar-refractivity contribution in [3.63, 3.8) is 0 Å². The SMILES string of the molecule is O=c1[nH]c(CCCC(F)(F)F)nc2c1nc(-c1ccc(Cl)cc1)n2CC(F)F. The van der Waals surface area contributed by atoms with Gasteiger partial charge in [0, 0.05) is 23.4 Å². The molecule has 0 saturated carbocycles. The molecule has 3 rings (SSSR count). The maximum Gasteiger partial charge on any atom is 0.389 e. The standard InChI is InChI=1S/C17H14ClF5N4O/c18-10-5-3-9(4-6-10)14-26-13-15(27(14)8-11(19)20)24-12(25-16(13)28)2-1-7-17(21,22)23/h3-6,11H,1-2,7-8H2,(H,24,25,28). The lowest BCUT2D eigenvalue weighted by atomic mass is 10.2. The molecular formula is C17H14ClF5N4O. The predicted octanol–water partition coefficient (Wildman–Crippen LogP) is 4.59. The maximum absolute atomic E-state index is 13.1. The number of nitrogens with one attached hydrogen (secondary N) is 1. The zero-order valence-corrected chi connectivity index (χ0v) is 15.0. The van der Waals surface area contributed by atoms with Crippen molar-refractivity contribution in [3.05, 3.63) is 45.5 Å². The summed E-state index contributed by atoms with van der Waals surface area (Å²) in [5.41, 5.74) is -0.516. The monoisotopic (exact) mass is 420 g/mol. The van der Waals surface area contributed by atoms with Crippen LogP contribution in [0.4, 0.5) is 22.0 Å². The fraction of sp³-hybridized carbons (Fsp3) is 0.353. The highest BCUT2D eigenvalue weighted by atomic mass is 35.5.